The van der Waals surface area contributed by atoms with Crippen molar-refractivity contribution in [3.05, 3.63) is 38.9 Å². The van der Waals surface area contributed by atoms with Crippen molar-refractivity contribution in [3.8, 4) is 0 Å². The Kier molecular flexibility index (Phi) is 5.96. The standard InChI is InChI=1S/C15H22ClN3O2/c1-2-7-18-8-5-13(6-9-18)17-11-12-3-4-14(19(20)21)10-15(12)16/h3-4,10,13,17H,2,5-9,11H2,1H3. The summed E-state index contributed by atoms with van der Waals surface area (Å²) in [5, 5.41) is 14.6. The second kappa shape index (κ2) is 7.73. The third-order valence-electron chi connectivity index (χ3n) is 3.96. The fraction of sp³-hybridized carbons (Fsp3) is 0.600. The minimum Gasteiger partial charge on any atom is -0.310 e. The first-order valence-corrected chi connectivity index (χ1v) is 7.86. The van der Waals surface area contributed by atoms with E-state index in [1.54, 1.807) is 6.07 Å². The van der Waals surface area contributed by atoms with E-state index in [4.69, 9.17) is 11.6 Å². The number of halogens is 1. The molecule has 2 rings (SSSR count). The lowest BCUT2D eigenvalue weighted by Gasteiger charge is -2.32. The van der Waals surface area contributed by atoms with Crippen LogP contribution in [-0.2, 0) is 6.54 Å². The van der Waals surface area contributed by atoms with E-state index in [1.807, 2.05) is 0 Å². The first-order chi connectivity index (χ1) is 10.1. The van der Waals surface area contributed by atoms with Crippen LogP contribution in [0.2, 0.25) is 5.02 Å². The molecular weight excluding hydrogens is 290 g/mol. The van der Waals surface area contributed by atoms with Gasteiger partial charge in [-0.15, -0.1) is 0 Å². The van der Waals surface area contributed by atoms with Crippen molar-refractivity contribution in [3.63, 3.8) is 0 Å². The lowest BCUT2D eigenvalue weighted by Crippen LogP contribution is -2.42. The van der Waals surface area contributed by atoms with Crippen LogP contribution < -0.4 is 5.32 Å². The van der Waals surface area contributed by atoms with Crippen LogP contribution in [0.3, 0.4) is 0 Å². The van der Waals surface area contributed by atoms with E-state index >= 15 is 0 Å². The maximum Gasteiger partial charge on any atom is 0.270 e. The van der Waals surface area contributed by atoms with Crippen LogP contribution in [0.1, 0.15) is 31.7 Å². The molecule has 116 valence electrons. The summed E-state index contributed by atoms with van der Waals surface area (Å²) in [4.78, 5) is 12.8. The number of benzene rings is 1. The van der Waals surface area contributed by atoms with Crippen LogP contribution in [0.5, 0.6) is 0 Å². The Labute approximate surface area is 130 Å². The maximum absolute atomic E-state index is 10.7. The van der Waals surface area contributed by atoms with Gasteiger partial charge in [-0.05, 0) is 50.5 Å². The van der Waals surface area contributed by atoms with Gasteiger partial charge in [0, 0.05) is 24.7 Å². The minimum atomic E-state index is -0.424. The van der Waals surface area contributed by atoms with Gasteiger partial charge in [0.25, 0.3) is 5.69 Å². The van der Waals surface area contributed by atoms with E-state index in [0.717, 1.165) is 31.5 Å². The molecule has 0 unspecified atom stereocenters. The van der Waals surface area contributed by atoms with Crippen molar-refractivity contribution >= 4 is 17.3 Å². The molecule has 0 saturated carbocycles. The van der Waals surface area contributed by atoms with Crippen LogP contribution in [0.25, 0.3) is 0 Å². The highest BCUT2D eigenvalue weighted by atomic mass is 35.5. The fourth-order valence-corrected chi connectivity index (χ4v) is 2.97. The Morgan fingerprint density at radius 3 is 2.71 bits per heavy atom. The molecule has 1 aromatic rings. The number of nitrogens with zero attached hydrogens (tertiary/aromatic N) is 2. The average molecular weight is 312 g/mol. The Morgan fingerprint density at radius 2 is 2.14 bits per heavy atom. The predicted octanol–water partition coefficient (Wildman–Crippen LogP) is 3.21. The van der Waals surface area contributed by atoms with Gasteiger partial charge in [0.1, 0.15) is 0 Å². The van der Waals surface area contributed by atoms with Crippen LogP contribution in [0, 0.1) is 10.1 Å². The maximum atomic E-state index is 10.7. The van der Waals surface area contributed by atoms with E-state index in [-0.39, 0.29) is 5.69 Å². The molecule has 1 fully saturated rings. The monoisotopic (exact) mass is 311 g/mol. The molecule has 0 bridgehead atoms. The van der Waals surface area contributed by atoms with E-state index < -0.39 is 4.92 Å². The van der Waals surface area contributed by atoms with Gasteiger partial charge < -0.3 is 10.2 Å². The van der Waals surface area contributed by atoms with Gasteiger partial charge in [0.2, 0.25) is 0 Å². The first kappa shape index (κ1) is 16.2. The van der Waals surface area contributed by atoms with Crippen molar-refractivity contribution < 1.29 is 4.92 Å². The van der Waals surface area contributed by atoms with Crippen LogP contribution >= 0.6 is 11.6 Å². The highest BCUT2D eigenvalue weighted by molar-refractivity contribution is 6.31. The molecule has 1 N–H and O–H groups in total. The molecule has 1 heterocycles. The number of nitro groups is 1. The number of piperidine rings is 1. The Bertz CT molecular complexity index is 488. The quantitative estimate of drug-likeness (QED) is 0.647. The second-order valence-corrected chi connectivity index (χ2v) is 5.94. The number of non-ortho nitro benzene ring substituents is 1. The number of hydrogen-bond donors (Lipinski definition) is 1. The molecule has 5 nitrogen and oxygen atoms in total. The van der Waals surface area contributed by atoms with E-state index in [0.29, 0.717) is 17.6 Å². The zero-order chi connectivity index (χ0) is 15.2. The average Bonchev–Trinajstić information content (AvgIpc) is 2.47. The number of likely N-dealkylation sites (tertiary alicyclic amines) is 1. The molecule has 0 aromatic heterocycles. The largest absolute Gasteiger partial charge is 0.310 e. The molecule has 1 aliphatic rings. The van der Waals surface area contributed by atoms with E-state index in [1.165, 1.54) is 25.1 Å². The molecular formula is C15H22ClN3O2. The number of hydrogen-bond acceptors (Lipinski definition) is 4. The lowest BCUT2D eigenvalue weighted by molar-refractivity contribution is -0.384. The van der Waals surface area contributed by atoms with E-state index in [2.05, 4.69) is 17.1 Å². The molecule has 1 saturated heterocycles. The summed E-state index contributed by atoms with van der Waals surface area (Å²) in [5.74, 6) is 0. The van der Waals surface area contributed by atoms with Crippen molar-refractivity contribution in [2.24, 2.45) is 0 Å². The van der Waals surface area contributed by atoms with Crippen molar-refractivity contribution in [2.75, 3.05) is 19.6 Å². The van der Waals surface area contributed by atoms with Crippen molar-refractivity contribution in [2.45, 2.75) is 38.8 Å². The van der Waals surface area contributed by atoms with Gasteiger partial charge in [-0.1, -0.05) is 18.5 Å². The third kappa shape index (κ3) is 4.66. The molecule has 0 radical (unpaired) electrons. The zero-order valence-electron chi connectivity index (χ0n) is 12.3. The van der Waals surface area contributed by atoms with Crippen LogP contribution in [-0.4, -0.2) is 35.5 Å². The van der Waals surface area contributed by atoms with Crippen LogP contribution in [0.15, 0.2) is 18.2 Å². The SMILES string of the molecule is CCCN1CCC(NCc2ccc([N+](=O)[O-])cc2Cl)CC1. The molecule has 1 aromatic carbocycles. The smallest absolute Gasteiger partial charge is 0.270 e. The summed E-state index contributed by atoms with van der Waals surface area (Å²) in [7, 11) is 0. The third-order valence-corrected chi connectivity index (χ3v) is 4.31. The molecule has 0 amide bonds. The summed E-state index contributed by atoms with van der Waals surface area (Å²) in [6.07, 6.45) is 3.49. The van der Waals surface area contributed by atoms with Gasteiger partial charge in [0.05, 0.1) is 9.95 Å². The predicted molar refractivity (Wildman–Crippen MR) is 84.7 cm³/mol. The van der Waals surface area contributed by atoms with Gasteiger partial charge in [-0.25, -0.2) is 0 Å². The van der Waals surface area contributed by atoms with Gasteiger partial charge in [-0.2, -0.15) is 0 Å². The highest BCUT2D eigenvalue weighted by Crippen LogP contribution is 2.22. The molecule has 0 spiro atoms. The normalized spacial score (nSPS) is 17.0. The summed E-state index contributed by atoms with van der Waals surface area (Å²) in [6, 6.07) is 5.17. The Hall–Kier alpha value is -1.17. The molecule has 1 aliphatic heterocycles. The van der Waals surface area contributed by atoms with E-state index in [9.17, 15) is 10.1 Å². The molecule has 0 atom stereocenters. The highest BCUT2D eigenvalue weighted by Gasteiger charge is 2.18. The van der Waals surface area contributed by atoms with Crippen LogP contribution in [0.4, 0.5) is 5.69 Å². The summed E-state index contributed by atoms with van der Waals surface area (Å²) in [6.45, 7) is 6.33. The minimum absolute atomic E-state index is 0.0385. The summed E-state index contributed by atoms with van der Waals surface area (Å²) in [5.41, 5.74) is 0.954. The van der Waals surface area contributed by atoms with Gasteiger partial charge in [0.15, 0.2) is 0 Å². The second-order valence-electron chi connectivity index (χ2n) is 5.53. The molecule has 21 heavy (non-hydrogen) atoms. The molecule has 6 heteroatoms. The first-order valence-electron chi connectivity index (χ1n) is 7.48. The number of nitro benzene ring substituents is 1. The number of nitrogens with one attached hydrogen (secondary N) is 1. The van der Waals surface area contributed by atoms with Crippen molar-refractivity contribution in [1.82, 2.24) is 10.2 Å². The van der Waals surface area contributed by atoms with Gasteiger partial charge in [-0.3, -0.25) is 10.1 Å². The topological polar surface area (TPSA) is 58.4 Å². The zero-order valence-corrected chi connectivity index (χ0v) is 13.1. The summed E-state index contributed by atoms with van der Waals surface area (Å²) < 4.78 is 0. The molecule has 0 aliphatic carbocycles. The summed E-state index contributed by atoms with van der Waals surface area (Å²) >= 11 is 6.10. The lowest BCUT2D eigenvalue weighted by atomic mass is 10.0. The fourth-order valence-electron chi connectivity index (χ4n) is 2.72. The Morgan fingerprint density at radius 1 is 1.43 bits per heavy atom. The Balaban J connectivity index is 1.82. The van der Waals surface area contributed by atoms with Crippen molar-refractivity contribution in [1.29, 1.82) is 0 Å². The number of rotatable bonds is 6. The van der Waals surface area contributed by atoms with Gasteiger partial charge >= 0.3 is 0 Å².